The molecule has 0 aliphatic heterocycles. The smallest absolute Gasteiger partial charge is 0.306 e. The molecule has 0 fully saturated rings. The number of nitrogens with one attached hydrogen (secondary N) is 1. The predicted molar refractivity (Wildman–Crippen MR) is 55.5 cm³/mol. The summed E-state index contributed by atoms with van der Waals surface area (Å²) in [5.74, 6) is -0.706. The van der Waals surface area contributed by atoms with Gasteiger partial charge in [-0.1, -0.05) is 13.8 Å². The van der Waals surface area contributed by atoms with E-state index in [0.29, 0.717) is 12.3 Å². The lowest BCUT2D eigenvalue weighted by molar-refractivity contribution is -0.140. The minimum atomic E-state index is -0.931. The third-order valence-corrected chi connectivity index (χ3v) is 1.86. The second-order valence-corrected chi connectivity index (χ2v) is 3.86. The van der Waals surface area contributed by atoms with Crippen LogP contribution >= 0.6 is 0 Å². The summed E-state index contributed by atoms with van der Waals surface area (Å²) in [6.45, 7) is 4.14. The molecule has 1 atom stereocenters. The fraction of sp³-hybridized carbons (Fsp3) is 0.800. The zero-order valence-electron chi connectivity index (χ0n) is 9.45. The van der Waals surface area contributed by atoms with Crippen LogP contribution in [0, 0.1) is 5.92 Å². The minimum absolute atomic E-state index is 0.0718. The van der Waals surface area contributed by atoms with E-state index in [1.807, 2.05) is 13.8 Å². The molecular formula is C10H19NO4. The van der Waals surface area contributed by atoms with E-state index in [9.17, 15) is 9.59 Å². The van der Waals surface area contributed by atoms with E-state index in [0.717, 1.165) is 0 Å². The summed E-state index contributed by atoms with van der Waals surface area (Å²) in [5, 5.41) is 11.2. The first-order valence-electron chi connectivity index (χ1n) is 4.97. The lowest BCUT2D eigenvalue weighted by atomic mass is 10.1. The second kappa shape index (κ2) is 7.23. The van der Waals surface area contributed by atoms with Crippen molar-refractivity contribution in [3.8, 4) is 0 Å². The largest absolute Gasteiger partial charge is 0.481 e. The highest BCUT2D eigenvalue weighted by Gasteiger charge is 2.13. The number of carbonyl (C=O) groups excluding carboxylic acids is 1. The molecule has 0 aromatic heterocycles. The molecule has 2 N–H and O–H groups in total. The first kappa shape index (κ1) is 13.9. The van der Waals surface area contributed by atoms with Gasteiger partial charge in [0.1, 0.15) is 0 Å². The maximum Gasteiger partial charge on any atom is 0.306 e. The average molecular weight is 217 g/mol. The van der Waals surface area contributed by atoms with Crippen molar-refractivity contribution in [3.05, 3.63) is 0 Å². The average Bonchev–Trinajstić information content (AvgIpc) is 2.10. The Bertz CT molecular complexity index is 215. The van der Waals surface area contributed by atoms with E-state index in [1.165, 1.54) is 7.11 Å². The molecule has 0 aromatic rings. The molecule has 0 aromatic carbocycles. The summed E-state index contributed by atoms with van der Waals surface area (Å²) in [6.07, 6.45) is -0.110. The molecule has 15 heavy (non-hydrogen) atoms. The molecule has 0 saturated heterocycles. The Hall–Kier alpha value is -1.10. The minimum Gasteiger partial charge on any atom is -0.481 e. The van der Waals surface area contributed by atoms with Gasteiger partial charge >= 0.3 is 5.97 Å². The van der Waals surface area contributed by atoms with E-state index in [4.69, 9.17) is 9.84 Å². The highest BCUT2D eigenvalue weighted by atomic mass is 16.5. The molecular weight excluding hydrogens is 198 g/mol. The summed E-state index contributed by atoms with van der Waals surface area (Å²) in [5.41, 5.74) is 0. The summed E-state index contributed by atoms with van der Waals surface area (Å²) in [7, 11) is 1.43. The number of carbonyl (C=O) groups is 2. The van der Waals surface area contributed by atoms with Gasteiger partial charge in [-0.2, -0.15) is 0 Å². The summed E-state index contributed by atoms with van der Waals surface area (Å²) in [6, 6.07) is 0. The van der Waals surface area contributed by atoms with Gasteiger partial charge in [-0.15, -0.1) is 0 Å². The zero-order valence-corrected chi connectivity index (χ0v) is 9.45. The van der Waals surface area contributed by atoms with Crippen molar-refractivity contribution in [1.82, 2.24) is 5.32 Å². The molecule has 1 unspecified atom stereocenters. The molecule has 1 amide bonds. The molecule has 0 heterocycles. The fourth-order valence-corrected chi connectivity index (χ4v) is 1.10. The lowest BCUT2D eigenvalue weighted by Crippen LogP contribution is -2.34. The van der Waals surface area contributed by atoms with Crippen molar-refractivity contribution in [1.29, 1.82) is 0 Å². The van der Waals surface area contributed by atoms with Crippen LogP contribution in [0.15, 0.2) is 0 Å². The second-order valence-electron chi connectivity index (χ2n) is 3.86. The van der Waals surface area contributed by atoms with Crippen LogP contribution in [0.2, 0.25) is 0 Å². The molecule has 5 nitrogen and oxygen atoms in total. The van der Waals surface area contributed by atoms with Crippen LogP contribution in [0.25, 0.3) is 0 Å². The van der Waals surface area contributed by atoms with Gasteiger partial charge in [0, 0.05) is 20.1 Å². The summed E-state index contributed by atoms with van der Waals surface area (Å²) >= 11 is 0. The lowest BCUT2D eigenvalue weighted by Gasteiger charge is -2.14. The monoisotopic (exact) mass is 217 g/mol. The van der Waals surface area contributed by atoms with Gasteiger partial charge in [0.15, 0.2) is 0 Å². The third-order valence-electron chi connectivity index (χ3n) is 1.86. The molecule has 5 heteroatoms. The number of carboxylic acid groups (broad SMARTS) is 1. The van der Waals surface area contributed by atoms with Crippen molar-refractivity contribution in [2.24, 2.45) is 5.92 Å². The van der Waals surface area contributed by atoms with Gasteiger partial charge in [0.2, 0.25) is 5.91 Å². The SMILES string of the molecule is COC(CNC(=O)CC(C)C)CC(=O)O. The van der Waals surface area contributed by atoms with Crippen LogP contribution < -0.4 is 5.32 Å². The molecule has 0 rings (SSSR count). The van der Waals surface area contributed by atoms with Gasteiger partial charge in [-0.05, 0) is 5.92 Å². The quantitative estimate of drug-likeness (QED) is 0.656. The number of amides is 1. The molecule has 0 radical (unpaired) electrons. The Morgan fingerprint density at radius 3 is 2.33 bits per heavy atom. The van der Waals surface area contributed by atoms with Crippen molar-refractivity contribution in [2.75, 3.05) is 13.7 Å². The van der Waals surface area contributed by atoms with E-state index in [2.05, 4.69) is 5.32 Å². The molecule has 0 aliphatic rings. The van der Waals surface area contributed by atoms with Crippen molar-refractivity contribution in [3.63, 3.8) is 0 Å². The topological polar surface area (TPSA) is 75.6 Å². The van der Waals surface area contributed by atoms with Gasteiger partial charge in [0.25, 0.3) is 0 Å². The normalized spacial score (nSPS) is 12.5. The number of methoxy groups -OCH3 is 1. The third kappa shape index (κ3) is 7.93. The van der Waals surface area contributed by atoms with Gasteiger partial charge in [0.05, 0.1) is 12.5 Å². The summed E-state index contributed by atoms with van der Waals surface area (Å²) in [4.78, 5) is 21.6. The molecule has 0 spiro atoms. The highest BCUT2D eigenvalue weighted by Crippen LogP contribution is 2.00. The van der Waals surface area contributed by atoms with Crippen LogP contribution in [-0.2, 0) is 14.3 Å². The van der Waals surface area contributed by atoms with Crippen LogP contribution in [0.1, 0.15) is 26.7 Å². The first-order valence-corrected chi connectivity index (χ1v) is 4.97. The fourth-order valence-electron chi connectivity index (χ4n) is 1.10. The number of hydrogen-bond donors (Lipinski definition) is 2. The van der Waals surface area contributed by atoms with Gasteiger partial charge < -0.3 is 15.2 Å². The Balaban J connectivity index is 3.79. The van der Waals surface area contributed by atoms with Crippen LogP contribution in [-0.4, -0.2) is 36.7 Å². The van der Waals surface area contributed by atoms with Crippen LogP contribution in [0.4, 0.5) is 0 Å². The number of rotatable bonds is 7. The van der Waals surface area contributed by atoms with Crippen molar-refractivity contribution >= 4 is 11.9 Å². The first-order chi connectivity index (χ1) is 6.95. The highest BCUT2D eigenvalue weighted by molar-refractivity contribution is 5.76. The van der Waals surface area contributed by atoms with E-state index in [1.54, 1.807) is 0 Å². The Morgan fingerprint density at radius 2 is 1.93 bits per heavy atom. The molecule has 0 aliphatic carbocycles. The van der Waals surface area contributed by atoms with Gasteiger partial charge in [-0.25, -0.2) is 0 Å². The number of hydrogen-bond acceptors (Lipinski definition) is 3. The number of carboxylic acids is 1. The standard InChI is InChI=1S/C10H19NO4/c1-7(2)4-9(12)11-6-8(15-3)5-10(13)14/h7-8H,4-6H2,1-3H3,(H,11,12)(H,13,14). The number of aliphatic carboxylic acids is 1. The Labute approximate surface area is 89.8 Å². The maximum absolute atomic E-state index is 11.2. The Morgan fingerprint density at radius 1 is 1.33 bits per heavy atom. The van der Waals surface area contributed by atoms with Crippen LogP contribution in [0.5, 0.6) is 0 Å². The van der Waals surface area contributed by atoms with E-state index >= 15 is 0 Å². The summed E-state index contributed by atoms with van der Waals surface area (Å²) < 4.78 is 4.92. The van der Waals surface area contributed by atoms with Gasteiger partial charge in [-0.3, -0.25) is 9.59 Å². The van der Waals surface area contributed by atoms with E-state index in [-0.39, 0.29) is 18.9 Å². The van der Waals surface area contributed by atoms with Crippen molar-refractivity contribution in [2.45, 2.75) is 32.8 Å². The zero-order chi connectivity index (χ0) is 11.8. The molecule has 88 valence electrons. The number of ether oxygens (including phenoxy) is 1. The maximum atomic E-state index is 11.2. The molecule has 0 saturated carbocycles. The van der Waals surface area contributed by atoms with E-state index < -0.39 is 12.1 Å². The Kier molecular flexibility index (Phi) is 6.70. The molecule has 0 bridgehead atoms. The van der Waals surface area contributed by atoms with Crippen LogP contribution in [0.3, 0.4) is 0 Å². The van der Waals surface area contributed by atoms with Crippen molar-refractivity contribution < 1.29 is 19.4 Å². The predicted octanol–water partition coefficient (Wildman–Crippen LogP) is 0.638.